The highest BCUT2D eigenvalue weighted by Gasteiger charge is 2.51. The van der Waals surface area contributed by atoms with Gasteiger partial charge in [0.15, 0.2) is 0 Å². The van der Waals surface area contributed by atoms with Gasteiger partial charge in [-0.2, -0.15) is 5.06 Å². The van der Waals surface area contributed by atoms with Crippen molar-refractivity contribution in [1.82, 2.24) is 5.06 Å². The number of hydrogen-bond donors (Lipinski definition) is 0. The van der Waals surface area contributed by atoms with E-state index in [-0.39, 0.29) is 25.1 Å². The molecule has 162 valence electrons. The number of rotatable bonds is 9. The molecule has 0 heterocycles. The Morgan fingerprint density at radius 2 is 1.46 bits per heavy atom. The topological polar surface area (TPSA) is 48.0 Å². The van der Waals surface area contributed by atoms with E-state index in [9.17, 15) is 8.96 Å². The molecule has 1 rings (SSSR count). The molecule has 0 aliphatic carbocycles. The van der Waals surface area contributed by atoms with Gasteiger partial charge in [0.2, 0.25) is 0 Å². The summed E-state index contributed by atoms with van der Waals surface area (Å²) in [6.07, 6.45) is -0.374. The van der Waals surface area contributed by atoms with Crippen LogP contribution in [0.2, 0.25) is 0 Å². The molecule has 0 bridgehead atoms. The highest BCUT2D eigenvalue weighted by molar-refractivity contribution is 7.54. The lowest BCUT2D eigenvalue weighted by Gasteiger charge is -2.48. The van der Waals surface area contributed by atoms with E-state index in [0.717, 1.165) is 5.56 Å². The first-order valence-corrected chi connectivity index (χ1v) is 11.5. The molecular formula is C21H37FNO4P. The molecule has 0 unspecified atom stereocenters. The third-order valence-electron chi connectivity index (χ3n) is 4.19. The number of halogens is 1. The Kier molecular flexibility index (Phi) is 8.85. The molecule has 1 aromatic rings. The van der Waals surface area contributed by atoms with Crippen LogP contribution in [0.5, 0.6) is 0 Å². The van der Waals surface area contributed by atoms with Crippen LogP contribution in [-0.2, 0) is 18.5 Å². The predicted molar refractivity (Wildman–Crippen MR) is 112 cm³/mol. The summed E-state index contributed by atoms with van der Waals surface area (Å²) in [6.45, 7) is 18.0. The molecule has 7 heteroatoms. The molecule has 0 fully saturated rings. The fourth-order valence-electron chi connectivity index (χ4n) is 3.04. The fraction of sp³-hybridized carbons (Fsp3) is 0.714. The lowest BCUT2D eigenvalue weighted by atomic mass is 9.94. The third kappa shape index (κ3) is 6.64. The second-order valence-electron chi connectivity index (χ2n) is 8.91. The number of nitrogens with zero attached hydrogens (tertiary/aromatic N) is 1. The fourth-order valence-corrected chi connectivity index (χ4v) is 5.72. The van der Waals surface area contributed by atoms with E-state index in [1.165, 1.54) is 12.1 Å². The Balaban J connectivity index is 3.39. The van der Waals surface area contributed by atoms with Crippen LogP contribution in [0.4, 0.5) is 4.39 Å². The van der Waals surface area contributed by atoms with Crippen molar-refractivity contribution in [3.05, 3.63) is 35.6 Å². The largest absolute Gasteiger partial charge is 0.350 e. The van der Waals surface area contributed by atoms with Gasteiger partial charge < -0.3 is 9.05 Å². The molecule has 0 radical (unpaired) electrons. The SMILES string of the molecule is CCOP(=O)(OCC)[C@H](N(O[C@H](C)c1ccc(F)cc1)C(C)(C)C)C(C)(C)C. The quantitative estimate of drug-likeness (QED) is 0.336. The molecule has 5 nitrogen and oxygen atoms in total. The Labute approximate surface area is 170 Å². The predicted octanol–water partition coefficient (Wildman–Crippen LogP) is 6.56. The smallest absolute Gasteiger partial charge is 0.308 e. The van der Waals surface area contributed by atoms with Gasteiger partial charge in [-0.25, -0.2) is 4.39 Å². The van der Waals surface area contributed by atoms with E-state index in [2.05, 4.69) is 0 Å². The van der Waals surface area contributed by atoms with Crippen molar-refractivity contribution < 1.29 is 22.8 Å². The van der Waals surface area contributed by atoms with Gasteiger partial charge in [-0.3, -0.25) is 9.40 Å². The summed E-state index contributed by atoms with van der Waals surface area (Å²) in [4.78, 5) is 6.35. The number of benzene rings is 1. The second-order valence-corrected chi connectivity index (χ2v) is 11.0. The van der Waals surface area contributed by atoms with Gasteiger partial charge >= 0.3 is 7.60 Å². The van der Waals surface area contributed by atoms with Crippen LogP contribution in [0, 0.1) is 11.2 Å². The maximum absolute atomic E-state index is 13.8. The van der Waals surface area contributed by atoms with Crippen LogP contribution in [0.15, 0.2) is 24.3 Å². The van der Waals surface area contributed by atoms with Crippen LogP contribution in [-0.4, -0.2) is 29.6 Å². The van der Waals surface area contributed by atoms with Gasteiger partial charge in [-0.15, -0.1) is 0 Å². The summed E-state index contributed by atoms with van der Waals surface area (Å²) >= 11 is 0. The van der Waals surface area contributed by atoms with Gasteiger partial charge in [0, 0.05) is 5.54 Å². The number of hydrogen-bond acceptors (Lipinski definition) is 5. The molecule has 0 aliphatic rings. The molecule has 0 amide bonds. The maximum atomic E-state index is 13.8. The average molecular weight is 418 g/mol. The van der Waals surface area contributed by atoms with E-state index >= 15 is 0 Å². The third-order valence-corrected chi connectivity index (χ3v) is 7.01. The van der Waals surface area contributed by atoms with Crippen molar-refractivity contribution in [2.24, 2.45) is 5.41 Å². The van der Waals surface area contributed by atoms with Gasteiger partial charge in [0.25, 0.3) is 0 Å². The standard InChI is InChI=1S/C21H37FNO4P/c1-10-25-28(24,26-11-2)19(20(4,5)6)23(21(7,8)9)27-16(3)17-12-14-18(22)15-13-17/h12-16,19H,10-11H2,1-9H3/t16-,19+/m1/s1. The van der Waals surface area contributed by atoms with Crippen molar-refractivity contribution in [1.29, 1.82) is 0 Å². The Bertz CT molecular complexity index is 642. The lowest BCUT2D eigenvalue weighted by molar-refractivity contribution is -0.264. The zero-order valence-corrected chi connectivity index (χ0v) is 19.7. The molecule has 0 saturated carbocycles. The van der Waals surface area contributed by atoms with Crippen molar-refractivity contribution in [3.8, 4) is 0 Å². The van der Waals surface area contributed by atoms with Crippen LogP contribution >= 0.6 is 7.60 Å². The lowest BCUT2D eigenvalue weighted by Crippen LogP contribution is -2.53. The van der Waals surface area contributed by atoms with Gasteiger partial charge in [0.1, 0.15) is 17.7 Å². The summed E-state index contributed by atoms with van der Waals surface area (Å²) in [6, 6.07) is 6.20. The maximum Gasteiger partial charge on any atom is 0.350 e. The molecule has 0 aromatic heterocycles. The van der Waals surface area contributed by atoms with Crippen molar-refractivity contribution >= 4 is 7.60 Å². The van der Waals surface area contributed by atoms with E-state index in [0.29, 0.717) is 0 Å². The van der Waals surface area contributed by atoms with Crippen LogP contribution in [0.3, 0.4) is 0 Å². The van der Waals surface area contributed by atoms with Crippen molar-refractivity contribution in [2.75, 3.05) is 13.2 Å². The van der Waals surface area contributed by atoms with Crippen molar-refractivity contribution in [2.45, 2.75) is 79.7 Å². The first-order chi connectivity index (χ1) is 12.8. The molecule has 0 saturated heterocycles. The minimum absolute atomic E-state index is 0.273. The van der Waals surface area contributed by atoms with Crippen LogP contribution < -0.4 is 0 Å². The monoisotopic (exact) mass is 417 g/mol. The molecule has 28 heavy (non-hydrogen) atoms. The Hall–Kier alpha value is -0.780. The van der Waals surface area contributed by atoms with Gasteiger partial charge in [-0.05, 0) is 64.7 Å². The van der Waals surface area contributed by atoms with E-state index in [1.54, 1.807) is 31.0 Å². The van der Waals surface area contributed by atoms with E-state index in [1.807, 2.05) is 48.5 Å². The average Bonchev–Trinajstić information content (AvgIpc) is 2.53. The summed E-state index contributed by atoms with van der Waals surface area (Å²) < 4.78 is 38.5. The number of hydroxylamine groups is 2. The normalized spacial score (nSPS) is 15.7. The minimum atomic E-state index is -3.52. The first-order valence-electron chi connectivity index (χ1n) is 9.86. The summed E-state index contributed by atoms with van der Waals surface area (Å²) in [5.41, 5.74) is -0.128. The first kappa shape index (κ1) is 25.3. The molecule has 1 aromatic carbocycles. The molecule has 2 atom stereocenters. The van der Waals surface area contributed by atoms with Gasteiger partial charge in [0.05, 0.1) is 13.2 Å². The molecule has 0 spiro atoms. The molecule has 0 aliphatic heterocycles. The van der Waals surface area contributed by atoms with Crippen LogP contribution in [0.25, 0.3) is 0 Å². The summed E-state index contributed by atoms with van der Waals surface area (Å²) in [5.74, 6) is -0.934. The molecule has 0 N–H and O–H groups in total. The summed E-state index contributed by atoms with van der Waals surface area (Å²) in [5, 5.41) is 1.74. The molecular weight excluding hydrogens is 380 g/mol. The zero-order chi connectivity index (χ0) is 21.8. The van der Waals surface area contributed by atoms with Gasteiger partial charge in [-0.1, -0.05) is 32.9 Å². The highest BCUT2D eigenvalue weighted by Crippen LogP contribution is 2.61. The van der Waals surface area contributed by atoms with Crippen LogP contribution in [0.1, 0.15) is 74.0 Å². The minimum Gasteiger partial charge on any atom is -0.308 e. The second kappa shape index (κ2) is 9.82. The Morgan fingerprint density at radius 1 is 1.00 bits per heavy atom. The van der Waals surface area contributed by atoms with Crippen molar-refractivity contribution in [3.63, 3.8) is 0 Å². The van der Waals surface area contributed by atoms with E-state index < -0.39 is 24.3 Å². The Morgan fingerprint density at radius 3 is 1.82 bits per heavy atom. The highest BCUT2D eigenvalue weighted by atomic mass is 31.2. The zero-order valence-electron chi connectivity index (χ0n) is 18.8. The van der Waals surface area contributed by atoms with E-state index in [4.69, 9.17) is 13.9 Å². The summed E-state index contributed by atoms with van der Waals surface area (Å²) in [7, 11) is -3.52.